The van der Waals surface area contributed by atoms with Gasteiger partial charge < -0.3 is 5.73 Å². The maximum absolute atomic E-state index is 6.06. The van der Waals surface area contributed by atoms with Crippen LogP contribution in [0, 0.1) is 0 Å². The number of hydrogen-bond acceptors (Lipinski definition) is 2. The van der Waals surface area contributed by atoms with Crippen LogP contribution in [0.3, 0.4) is 0 Å². The third-order valence-electron chi connectivity index (χ3n) is 4.07. The number of nitrogens with zero attached hydrogens (tertiary/aromatic N) is 2. The minimum Gasteiger partial charge on any atom is -0.382 e. The summed E-state index contributed by atoms with van der Waals surface area (Å²) in [5.74, 6) is 0.467. The van der Waals surface area contributed by atoms with Gasteiger partial charge in [0.15, 0.2) is 5.84 Å². The van der Waals surface area contributed by atoms with E-state index >= 15 is 0 Å². The molecule has 0 unspecified atom stereocenters. The molecule has 0 atom stereocenters. The van der Waals surface area contributed by atoms with Gasteiger partial charge in [-0.25, -0.2) is 0 Å². The maximum atomic E-state index is 6.06. The highest BCUT2D eigenvalue weighted by atomic mass is 15.2. The number of rotatable bonds is 5. The molecule has 0 aliphatic rings. The second kappa shape index (κ2) is 8.06. The molecule has 2 N–H and O–H groups in total. The molecule has 0 spiro atoms. The van der Waals surface area contributed by atoms with E-state index in [9.17, 15) is 0 Å². The molecule has 0 bridgehead atoms. The van der Waals surface area contributed by atoms with Gasteiger partial charge in [0, 0.05) is 17.2 Å². The third-order valence-corrected chi connectivity index (χ3v) is 4.07. The monoisotopic (exact) mass is 327 g/mol. The standard InChI is InChI=1S/C22H21N3/c1-17(24-25-22(23)20-15-9-4-10-16-20)21(18-11-5-2-6-12-18)19-13-7-3-8-14-19/h2-16,21H,1H3,(H2,23,25)/b24-17+. The Morgan fingerprint density at radius 1 is 0.680 bits per heavy atom. The Balaban J connectivity index is 1.96. The molecular formula is C22H21N3. The summed E-state index contributed by atoms with van der Waals surface area (Å²) in [5.41, 5.74) is 10.2. The van der Waals surface area contributed by atoms with Crippen molar-refractivity contribution in [3.05, 3.63) is 108 Å². The van der Waals surface area contributed by atoms with Gasteiger partial charge in [0.2, 0.25) is 0 Å². The number of nitrogens with two attached hydrogens (primary N) is 1. The van der Waals surface area contributed by atoms with Gasteiger partial charge in [-0.05, 0) is 18.1 Å². The number of hydrogen-bond donors (Lipinski definition) is 1. The lowest BCUT2D eigenvalue weighted by atomic mass is 9.88. The topological polar surface area (TPSA) is 50.7 Å². The summed E-state index contributed by atoms with van der Waals surface area (Å²) in [6.07, 6.45) is 0. The fourth-order valence-corrected chi connectivity index (χ4v) is 2.82. The second-order valence-electron chi connectivity index (χ2n) is 5.85. The minimum atomic E-state index is 0.0507. The average Bonchev–Trinajstić information content (AvgIpc) is 2.69. The van der Waals surface area contributed by atoms with Crippen molar-refractivity contribution >= 4 is 11.5 Å². The van der Waals surface area contributed by atoms with Crippen molar-refractivity contribution in [3.63, 3.8) is 0 Å². The van der Waals surface area contributed by atoms with Gasteiger partial charge in [0.05, 0.1) is 0 Å². The summed E-state index contributed by atoms with van der Waals surface area (Å²) in [4.78, 5) is 0. The molecule has 0 aliphatic heterocycles. The van der Waals surface area contributed by atoms with Crippen molar-refractivity contribution in [2.45, 2.75) is 12.8 Å². The predicted octanol–water partition coefficient (Wildman–Crippen LogP) is 4.60. The quantitative estimate of drug-likeness (QED) is 0.415. The summed E-state index contributed by atoms with van der Waals surface area (Å²) < 4.78 is 0. The Morgan fingerprint density at radius 3 is 1.60 bits per heavy atom. The summed E-state index contributed by atoms with van der Waals surface area (Å²) in [6, 6.07) is 30.3. The maximum Gasteiger partial charge on any atom is 0.153 e. The van der Waals surface area contributed by atoms with E-state index in [2.05, 4.69) is 34.5 Å². The zero-order valence-electron chi connectivity index (χ0n) is 14.2. The Kier molecular flexibility index (Phi) is 5.37. The smallest absolute Gasteiger partial charge is 0.153 e. The normalized spacial score (nSPS) is 12.4. The van der Waals surface area contributed by atoms with E-state index in [0.717, 1.165) is 11.3 Å². The van der Waals surface area contributed by atoms with E-state index in [1.54, 1.807) is 0 Å². The van der Waals surface area contributed by atoms with Gasteiger partial charge in [-0.2, -0.15) is 5.10 Å². The van der Waals surface area contributed by atoms with Gasteiger partial charge in [0.25, 0.3) is 0 Å². The van der Waals surface area contributed by atoms with E-state index in [1.165, 1.54) is 11.1 Å². The van der Waals surface area contributed by atoms with Crippen LogP contribution in [-0.2, 0) is 0 Å². The zero-order valence-corrected chi connectivity index (χ0v) is 14.2. The van der Waals surface area contributed by atoms with E-state index in [0.29, 0.717) is 5.84 Å². The molecule has 3 aromatic rings. The molecule has 0 fully saturated rings. The Hall–Kier alpha value is -3.20. The van der Waals surface area contributed by atoms with Crippen LogP contribution in [0.5, 0.6) is 0 Å². The summed E-state index contributed by atoms with van der Waals surface area (Å²) in [7, 11) is 0. The van der Waals surface area contributed by atoms with Crippen LogP contribution in [-0.4, -0.2) is 11.5 Å². The van der Waals surface area contributed by atoms with Gasteiger partial charge in [-0.3, -0.25) is 0 Å². The molecule has 0 saturated heterocycles. The van der Waals surface area contributed by atoms with Crippen molar-refractivity contribution in [1.82, 2.24) is 0 Å². The molecule has 0 amide bonds. The van der Waals surface area contributed by atoms with Crippen LogP contribution in [0.1, 0.15) is 29.5 Å². The predicted molar refractivity (Wildman–Crippen MR) is 105 cm³/mol. The Bertz CT molecular complexity index is 814. The van der Waals surface area contributed by atoms with Crippen molar-refractivity contribution in [2.24, 2.45) is 15.9 Å². The van der Waals surface area contributed by atoms with Crippen LogP contribution in [0.4, 0.5) is 0 Å². The molecule has 0 saturated carbocycles. The third kappa shape index (κ3) is 4.21. The molecule has 0 aromatic heterocycles. The lowest BCUT2D eigenvalue weighted by Crippen LogP contribution is -2.14. The molecule has 0 heterocycles. The highest BCUT2D eigenvalue weighted by Crippen LogP contribution is 2.26. The summed E-state index contributed by atoms with van der Waals surface area (Å²) >= 11 is 0. The first-order valence-electron chi connectivity index (χ1n) is 8.28. The van der Waals surface area contributed by atoms with E-state index in [4.69, 9.17) is 5.73 Å². The highest BCUT2D eigenvalue weighted by Gasteiger charge is 2.17. The molecule has 3 heteroatoms. The first-order valence-corrected chi connectivity index (χ1v) is 8.28. The van der Waals surface area contributed by atoms with Gasteiger partial charge in [-0.1, -0.05) is 91.0 Å². The average molecular weight is 327 g/mol. The number of benzene rings is 3. The van der Waals surface area contributed by atoms with Crippen molar-refractivity contribution in [3.8, 4) is 0 Å². The van der Waals surface area contributed by atoms with E-state index in [-0.39, 0.29) is 5.92 Å². The molecule has 0 aliphatic carbocycles. The Labute approximate surface area is 148 Å². The van der Waals surface area contributed by atoms with Crippen LogP contribution in [0.25, 0.3) is 0 Å². The molecule has 124 valence electrons. The molecule has 3 aromatic carbocycles. The van der Waals surface area contributed by atoms with E-state index in [1.807, 2.05) is 73.7 Å². The fourth-order valence-electron chi connectivity index (χ4n) is 2.82. The molecule has 25 heavy (non-hydrogen) atoms. The fraction of sp³-hybridized carbons (Fsp3) is 0.0909. The van der Waals surface area contributed by atoms with E-state index < -0.39 is 0 Å². The van der Waals surface area contributed by atoms with Crippen LogP contribution < -0.4 is 5.73 Å². The molecular weight excluding hydrogens is 306 g/mol. The first kappa shape index (κ1) is 16.7. The zero-order chi connectivity index (χ0) is 17.5. The van der Waals surface area contributed by atoms with Gasteiger partial charge in [0.1, 0.15) is 0 Å². The number of amidine groups is 1. The summed E-state index contributed by atoms with van der Waals surface area (Å²) in [6.45, 7) is 1.99. The largest absolute Gasteiger partial charge is 0.382 e. The first-order chi connectivity index (χ1) is 12.3. The molecule has 3 rings (SSSR count). The van der Waals surface area contributed by atoms with Crippen LogP contribution >= 0.6 is 0 Å². The molecule has 0 radical (unpaired) electrons. The van der Waals surface area contributed by atoms with Crippen LogP contribution in [0.2, 0.25) is 0 Å². The van der Waals surface area contributed by atoms with Crippen molar-refractivity contribution in [1.29, 1.82) is 0 Å². The highest BCUT2D eigenvalue weighted by molar-refractivity contribution is 5.98. The van der Waals surface area contributed by atoms with Gasteiger partial charge in [-0.15, -0.1) is 5.10 Å². The van der Waals surface area contributed by atoms with Gasteiger partial charge >= 0.3 is 0 Å². The molecule has 3 nitrogen and oxygen atoms in total. The van der Waals surface area contributed by atoms with Crippen LogP contribution in [0.15, 0.2) is 101 Å². The lowest BCUT2D eigenvalue weighted by molar-refractivity contribution is 1.04. The lowest BCUT2D eigenvalue weighted by Gasteiger charge is -2.17. The second-order valence-corrected chi connectivity index (χ2v) is 5.85. The minimum absolute atomic E-state index is 0.0507. The Morgan fingerprint density at radius 2 is 1.12 bits per heavy atom. The summed E-state index contributed by atoms with van der Waals surface area (Å²) in [5, 5.41) is 8.68. The van der Waals surface area contributed by atoms with Crippen molar-refractivity contribution in [2.75, 3.05) is 0 Å². The van der Waals surface area contributed by atoms with Crippen molar-refractivity contribution < 1.29 is 0 Å². The SMILES string of the molecule is C/C(=N\N=C(N)c1ccccc1)C(c1ccccc1)c1ccccc1.